The van der Waals surface area contributed by atoms with Gasteiger partial charge in [-0.2, -0.15) is 0 Å². The van der Waals surface area contributed by atoms with E-state index in [1.807, 2.05) is 35.0 Å². The van der Waals surface area contributed by atoms with Crippen LogP contribution in [0.4, 0.5) is 8.78 Å². The third-order valence-corrected chi connectivity index (χ3v) is 3.50. The first-order chi connectivity index (χ1) is 9.11. The Balaban J connectivity index is 2.03. The molecule has 0 radical (unpaired) electrons. The minimum atomic E-state index is -0.548. The molecule has 3 rings (SSSR count). The van der Waals surface area contributed by atoms with Gasteiger partial charge in [0.1, 0.15) is 11.6 Å². The van der Waals surface area contributed by atoms with Crippen LogP contribution in [-0.2, 0) is 6.54 Å². The molecule has 0 fully saturated rings. The van der Waals surface area contributed by atoms with Gasteiger partial charge in [0.25, 0.3) is 0 Å². The lowest BCUT2D eigenvalue weighted by Crippen LogP contribution is -1.99. The van der Waals surface area contributed by atoms with E-state index in [-0.39, 0.29) is 0 Å². The van der Waals surface area contributed by atoms with E-state index in [0.717, 1.165) is 21.4 Å². The van der Waals surface area contributed by atoms with Crippen LogP contribution in [0.2, 0.25) is 0 Å². The van der Waals surface area contributed by atoms with E-state index >= 15 is 0 Å². The SMILES string of the molecule is Fc1cc(F)cc(Cn2ccc3ccc(Br)cc32)c1. The quantitative estimate of drug-likeness (QED) is 0.643. The zero-order valence-corrected chi connectivity index (χ0v) is 11.5. The van der Waals surface area contributed by atoms with E-state index in [1.54, 1.807) is 0 Å². The number of fused-ring (bicyclic) bond motifs is 1. The molecule has 0 aliphatic rings. The van der Waals surface area contributed by atoms with Gasteiger partial charge in [0.05, 0.1) is 0 Å². The normalized spacial score (nSPS) is 11.1. The van der Waals surface area contributed by atoms with E-state index in [0.29, 0.717) is 12.1 Å². The first-order valence-corrected chi connectivity index (χ1v) is 6.60. The summed E-state index contributed by atoms with van der Waals surface area (Å²) >= 11 is 3.43. The van der Waals surface area contributed by atoms with Crippen molar-refractivity contribution >= 4 is 26.8 Å². The minimum Gasteiger partial charge on any atom is -0.343 e. The average Bonchev–Trinajstić information content (AvgIpc) is 2.70. The zero-order chi connectivity index (χ0) is 13.4. The van der Waals surface area contributed by atoms with Gasteiger partial charge >= 0.3 is 0 Å². The molecule has 0 atom stereocenters. The summed E-state index contributed by atoms with van der Waals surface area (Å²) in [6.45, 7) is 0.439. The number of rotatable bonds is 2. The summed E-state index contributed by atoms with van der Waals surface area (Å²) in [6.07, 6.45) is 1.92. The van der Waals surface area contributed by atoms with E-state index in [4.69, 9.17) is 0 Å². The van der Waals surface area contributed by atoms with E-state index in [2.05, 4.69) is 15.9 Å². The van der Waals surface area contributed by atoms with Gasteiger partial charge in [-0.15, -0.1) is 0 Å². The van der Waals surface area contributed by atoms with Crippen molar-refractivity contribution in [1.29, 1.82) is 0 Å². The van der Waals surface area contributed by atoms with Crippen molar-refractivity contribution in [2.45, 2.75) is 6.54 Å². The molecule has 96 valence electrons. The number of benzene rings is 2. The first kappa shape index (κ1) is 12.4. The molecule has 0 amide bonds. The predicted octanol–water partition coefficient (Wildman–Crippen LogP) is 4.73. The zero-order valence-electron chi connectivity index (χ0n) is 9.91. The lowest BCUT2D eigenvalue weighted by molar-refractivity contribution is 0.578. The van der Waals surface area contributed by atoms with Crippen molar-refractivity contribution in [3.05, 3.63) is 70.3 Å². The fraction of sp³-hybridized carbons (Fsp3) is 0.0667. The molecule has 0 saturated heterocycles. The Morgan fingerprint density at radius 3 is 2.42 bits per heavy atom. The molecule has 0 N–H and O–H groups in total. The highest BCUT2D eigenvalue weighted by molar-refractivity contribution is 9.10. The van der Waals surface area contributed by atoms with Gasteiger partial charge in [0.2, 0.25) is 0 Å². The summed E-state index contributed by atoms with van der Waals surface area (Å²) in [5.41, 5.74) is 1.63. The van der Waals surface area contributed by atoms with Crippen molar-refractivity contribution in [1.82, 2.24) is 4.57 Å². The van der Waals surface area contributed by atoms with E-state index in [9.17, 15) is 8.78 Å². The largest absolute Gasteiger partial charge is 0.343 e. The summed E-state index contributed by atoms with van der Waals surface area (Å²) in [7, 11) is 0. The Kier molecular flexibility index (Phi) is 3.11. The number of halogens is 3. The van der Waals surface area contributed by atoms with Gasteiger partial charge < -0.3 is 4.57 Å². The molecule has 0 aliphatic carbocycles. The topological polar surface area (TPSA) is 4.93 Å². The van der Waals surface area contributed by atoms with Crippen LogP contribution < -0.4 is 0 Å². The summed E-state index contributed by atoms with van der Waals surface area (Å²) in [6, 6.07) is 11.5. The number of hydrogen-bond donors (Lipinski definition) is 0. The van der Waals surface area contributed by atoms with Crippen molar-refractivity contribution in [3.8, 4) is 0 Å². The maximum atomic E-state index is 13.2. The molecule has 1 heterocycles. The molecule has 0 spiro atoms. The Hall–Kier alpha value is -1.68. The average molecular weight is 322 g/mol. The summed E-state index contributed by atoms with van der Waals surface area (Å²) in [5.74, 6) is -1.10. The third-order valence-electron chi connectivity index (χ3n) is 3.01. The van der Waals surface area contributed by atoms with Crippen LogP contribution in [0.5, 0.6) is 0 Å². The van der Waals surface area contributed by atoms with Gasteiger partial charge in [-0.3, -0.25) is 0 Å². The smallest absolute Gasteiger partial charge is 0.126 e. The molecular formula is C15H10BrF2N. The summed E-state index contributed by atoms with van der Waals surface area (Å²) < 4.78 is 29.3. The molecule has 3 aromatic rings. The van der Waals surface area contributed by atoms with Crippen molar-refractivity contribution in [3.63, 3.8) is 0 Å². The van der Waals surface area contributed by atoms with Crippen molar-refractivity contribution < 1.29 is 8.78 Å². The van der Waals surface area contributed by atoms with Crippen LogP contribution in [0.25, 0.3) is 10.9 Å². The second-order valence-electron chi connectivity index (χ2n) is 4.42. The predicted molar refractivity (Wildman–Crippen MR) is 75.1 cm³/mol. The van der Waals surface area contributed by atoms with Crippen LogP contribution in [0.1, 0.15) is 5.56 Å². The third kappa shape index (κ3) is 2.54. The highest BCUT2D eigenvalue weighted by Gasteiger charge is 2.05. The molecule has 0 bridgehead atoms. The van der Waals surface area contributed by atoms with E-state index in [1.165, 1.54) is 12.1 Å². The number of aromatic nitrogens is 1. The monoisotopic (exact) mass is 321 g/mol. The van der Waals surface area contributed by atoms with Crippen LogP contribution in [0.15, 0.2) is 53.1 Å². The second-order valence-corrected chi connectivity index (χ2v) is 5.34. The second kappa shape index (κ2) is 4.78. The lowest BCUT2D eigenvalue weighted by Gasteiger charge is -2.06. The molecule has 2 aromatic carbocycles. The van der Waals surface area contributed by atoms with E-state index < -0.39 is 11.6 Å². The fourth-order valence-electron chi connectivity index (χ4n) is 2.19. The Morgan fingerprint density at radius 2 is 1.68 bits per heavy atom. The minimum absolute atomic E-state index is 0.439. The van der Waals surface area contributed by atoms with Crippen LogP contribution in [0, 0.1) is 11.6 Å². The molecule has 0 saturated carbocycles. The van der Waals surface area contributed by atoms with Gasteiger partial charge in [-0.1, -0.05) is 22.0 Å². The molecule has 1 nitrogen and oxygen atoms in total. The molecule has 0 unspecified atom stereocenters. The Labute approximate surface area is 117 Å². The summed E-state index contributed by atoms with van der Waals surface area (Å²) in [4.78, 5) is 0. The number of hydrogen-bond acceptors (Lipinski definition) is 0. The fourth-order valence-corrected chi connectivity index (χ4v) is 2.54. The van der Waals surface area contributed by atoms with Gasteiger partial charge in [-0.25, -0.2) is 8.78 Å². The maximum absolute atomic E-state index is 13.2. The molecule has 4 heteroatoms. The maximum Gasteiger partial charge on any atom is 0.126 e. The van der Waals surface area contributed by atoms with Crippen molar-refractivity contribution in [2.75, 3.05) is 0 Å². The van der Waals surface area contributed by atoms with Crippen LogP contribution in [0.3, 0.4) is 0 Å². The molecular weight excluding hydrogens is 312 g/mol. The van der Waals surface area contributed by atoms with Gasteiger partial charge in [-0.05, 0) is 41.3 Å². The number of nitrogens with zero attached hydrogens (tertiary/aromatic N) is 1. The molecule has 0 aliphatic heterocycles. The standard InChI is InChI=1S/C15H10BrF2N/c16-12-2-1-11-3-4-19(15(11)7-12)9-10-5-13(17)8-14(18)6-10/h1-8H,9H2. The molecule has 19 heavy (non-hydrogen) atoms. The Morgan fingerprint density at radius 1 is 0.947 bits per heavy atom. The van der Waals surface area contributed by atoms with Crippen LogP contribution in [-0.4, -0.2) is 4.57 Å². The molecule has 1 aromatic heterocycles. The first-order valence-electron chi connectivity index (χ1n) is 5.81. The van der Waals surface area contributed by atoms with Gasteiger partial charge in [0, 0.05) is 28.8 Å². The highest BCUT2D eigenvalue weighted by atomic mass is 79.9. The highest BCUT2D eigenvalue weighted by Crippen LogP contribution is 2.22. The summed E-state index contributed by atoms with van der Waals surface area (Å²) in [5, 5.41) is 1.10. The lowest BCUT2D eigenvalue weighted by atomic mass is 10.2. The van der Waals surface area contributed by atoms with Crippen molar-refractivity contribution in [2.24, 2.45) is 0 Å². The Bertz CT molecular complexity index is 729. The van der Waals surface area contributed by atoms with Crippen LogP contribution >= 0.6 is 15.9 Å². The van der Waals surface area contributed by atoms with Gasteiger partial charge in [0.15, 0.2) is 0 Å².